The van der Waals surface area contributed by atoms with E-state index in [1.54, 1.807) is 0 Å². The minimum atomic E-state index is 0.0474. The van der Waals surface area contributed by atoms with Crippen molar-refractivity contribution in [2.75, 3.05) is 6.54 Å². The molecule has 0 radical (unpaired) electrons. The van der Waals surface area contributed by atoms with E-state index in [1.165, 1.54) is 5.56 Å². The van der Waals surface area contributed by atoms with Crippen LogP contribution >= 0.6 is 0 Å². The van der Waals surface area contributed by atoms with E-state index < -0.39 is 0 Å². The van der Waals surface area contributed by atoms with E-state index in [0.29, 0.717) is 0 Å². The molecule has 1 atom stereocenters. The fourth-order valence-electron chi connectivity index (χ4n) is 2.08. The maximum absolute atomic E-state index is 4.50. The molecule has 18 heavy (non-hydrogen) atoms. The number of hydrogen-bond donors (Lipinski definition) is 1. The van der Waals surface area contributed by atoms with Crippen molar-refractivity contribution in [2.24, 2.45) is 0 Å². The number of nitrogens with zero attached hydrogens (tertiary/aromatic N) is 4. The van der Waals surface area contributed by atoms with Crippen LogP contribution in [0.1, 0.15) is 36.8 Å². The van der Waals surface area contributed by atoms with Crippen LogP contribution in [-0.2, 0) is 6.54 Å². The molecule has 0 fully saturated rings. The number of nitrogens with one attached hydrogen (secondary N) is 1. The van der Waals surface area contributed by atoms with Gasteiger partial charge in [0.2, 0.25) is 0 Å². The predicted molar refractivity (Wildman–Crippen MR) is 70.2 cm³/mol. The van der Waals surface area contributed by atoms with Gasteiger partial charge in [0.15, 0.2) is 0 Å². The zero-order chi connectivity index (χ0) is 13.0. The molecule has 0 spiro atoms. The third-order valence-electron chi connectivity index (χ3n) is 2.97. The van der Waals surface area contributed by atoms with Gasteiger partial charge in [-0.15, -0.1) is 5.10 Å². The molecule has 0 saturated carbocycles. The van der Waals surface area contributed by atoms with Crippen molar-refractivity contribution in [3.8, 4) is 0 Å². The molecule has 0 bridgehead atoms. The summed E-state index contributed by atoms with van der Waals surface area (Å²) < 4.78 is 1.90. The largest absolute Gasteiger partial charge is 0.304 e. The molecule has 0 aromatic carbocycles. The van der Waals surface area contributed by atoms with Crippen LogP contribution in [0.15, 0.2) is 24.5 Å². The van der Waals surface area contributed by atoms with E-state index in [4.69, 9.17) is 0 Å². The standard InChI is InChI=1S/C13H19N5/c1-4-14-13(11-9-16-17-18(11)5-2)12-10(3)7-6-8-15-12/h6-9,13-14H,4-5H2,1-3H3. The highest BCUT2D eigenvalue weighted by Crippen LogP contribution is 2.21. The lowest BCUT2D eigenvalue weighted by Crippen LogP contribution is -2.26. The molecule has 5 heteroatoms. The highest BCUT2D eigenvalue weighted by atomic mass is 15.4. The summed E-state index contributed by atoms with van der Waals surface area (Å²) in [6, 6.07) is 4.08. The first kappa shape index (κ1) is 12.7. The van der Waals surface area contributed by atoms with Crippen LogP contribution in [-0.4, -0.2) is 26.5 Å². The van der Waals surface area contributed by atoms with Gasteiger partial charge in [0.25, 0.3) is 0 Å². The van der Waals surface area contributed by atoms with E-state index in [1.807, 2.05) is 23.1 Å². The van der Waals surface area contributed by atoms with Crippen molar-refractivity contribution in [1.82, 2.24) is 25.3 Å². The summed E-state index contributed by atoms with van der Waals surface area (Å²) in [5, 5.41) is 11.5. The van der Waals surface area contributed by atoms with Gasteiger partial charge in [-0.1, -0.05) is 18.2 Å². The van der Waals surface area contributed by atoms with Crippen molar-refractivity contribution in [1.29, 1.82) is 0 Å². The molecule has 0 amide bonds. The number of aromatic nitrogens is 4. The highest BCUT2D eigenvalue weighted by Gasteiger charge is 2.20. The molecule has 0 saturated heterocycles. The van der Waals surface area contributed by atoms with Crippen LogP contribution in [0.5, 0.6) is 0 Å². The highest BCUT2D eigenvalue weighted by molar-refractivity contribution is 5.27. The third-order valence-corrected chi connectivity index (χ3v) is 2.97. The minimum absolute atomic E-state index is 0.0474. The lowest BCUT2D eigenvalue weighted by atomic mass is 10.1. The van der Waals surface area contributed by atoms with Gasteiger partial charge in [-0.2, -0.15) is 0 Å². The van der Waals surface area contributed by atoms with Gasteiger partial charge >= 0.3 is 0 Å². The average molecular weight is 245 g/mol. The Morgan fingerprint density at radius 1 is 1.39 bits per heavy atom. The van der Waals surface area contributed by atoms with Gasteiger partial charge in [0, 0.05) is 12.7 Å². The van der Waals surface area contributed by atoms with Crippen LogP contribution in [0, 0.1) is 6.92 Å². The Kier molecular flexibility index (Phi) is 4.04. The van der Waals surface area contributed by atoms with E-state index >= 15 is 0 Å². The molecule has 0 aliphatic rings. The van der Waals surface area contributed by atoms with Gasteiger partial charge in [-0.3, -0.25) is 4.98 Å². The molecular weight excluding hydrogens is 226 g/mol. The lowest BCUT2D eigenvalue weighted by Gasteiger charge is -2.19. The first-order chi connectivity index (χ1) is 8.77. The summed E-state index contributed by atoms with van der Waals surface area (Å²) in [5.74, 6) is 0. The lowest BCUT2D eigenvalue weighted by molar-refractivity contribution is 0.526. The Morgan fingerprint density at radius 2 is 2.22 bits per heavy atom. The minimum Gasteiger partial charge on any atom is -0.304 e. The smallest absolute Gasteiger partial charge is 0.0941 e. The normalized spacial score (nSPS) is 12.6. The molecule has 0 aliphatic heterocycles. The maximum Gasteiger partial charge on any atom is 0.0941 e. The van der Waals surface area contributed by atoms with Crippen LogP contribution in [0.2, 0.25) is 0 Å². The van der Waals surface area contributed by atoms with E-state index in [2.05, 4.69) is 47.5 Å². The van der Waals surface area contributed by atoms with Crippen LogP contribution in [0.4, 0.5) is 0 Å². The van der Waals surface area contributed by atoms with Crippen LogP contribution in [0.3, 0.4) is 0 Å². The average Bonchev–Trinajstić information content (AvgIpc) is 2.85. The molecule has 0 aliphatic carbocycles. The van der Waals surface area contributed by atoms with E-state index in [9.17, 15) is 0 Å². The fraction of sp³-hybridized carbons (Fsp3) is 0.462. The molecule has 5 nitrogen and oxygen atoms in total. The molecule has 96 valence electrons. The summed E-state index contributed by atoms with van der Waals surface area (Å²) in [7, 11) is 0. The number of aryl methyl sites for hydroxylation is 2. The number of hydrogen-bond acceptors (Lipinski definition) is 4. The second kappa shape index (κ2) is 5.73. The molecule has 1 N–H and O–H groups in total. The van der Waals surface area contributed by atoms with Crippen LogP contribution in [0.25, 0.3) is 0 Å². The van der Waals surface area contributed by atoms with Gasteiger partial charge in [-0.05, 0) is 32.0 Å². The topological polar surface area (TPSA) is 55.6 Å². The van der Waals surface area contributed by atoms with E-state index in [0.717, 1.165) is 24.5 Å². The van der Waals surface area contributed by atoms with Gasteiger partial charge in [-0.25, -0.2) is 4.68 Å². The maximum atomic E-state index is 4.50. The molecule has 2 heterocycles. The van der Waals surface area contributed by atoms with Crippen molar-refractivity contribution in [3.05, 3.63) is 41.5 Å². The Labute approximate surface area is 107 Å². The van der Waals surface area contributed by atoms with Crippen molar-refractivity contribution >= 4 is 0 Å². The summed E-state index contributed by atoms with van der Waals surface area (Å²) in [4.78, 5) is 4.50. The van der Waals surface area contributed by atoms with Crippen molar-refractivity contribution in [2.45, 2.75) is 33.4 Å². The zero-order valence-electron chi connectivity index (χ0n) is 11.1. The summed E-state index contributed by atoms with van der Waals surface area (Å²) in [5.41, 5.74) is 3.27. The second-order valence-electron chi connectivity index (χ2n) is 4.17. The Bertz CT molecular complexity index is 506. The van der Waals surface area contributed by atoms with Crippen LogP contribution < -0.4 is 5.32 Å². The van der Waals surface area contributed by atoms with Gasteiger partial charge < -0.3 is 5.32 Å². The SMILES string of the molecule is CCNC(c1ncccc1C)c1cnnn1CC. The summed E-state index contributed by atoms with van der Waals surface area (Å²) in [6.07, 6.45) is 3.64. The molecule has 1 unspecified atom stereocenters. The summed E-state index contributed by atoms with van der Waals surface area (Å²) >= 11 is 0. The second-order valence-corrected chi connectivity index (χ2v) is 4.17. The first-order valence-corrected chi connectivity index (χ1v) is 6.31. The zero-order valence-corrected chi connectivity index (χ0v) is 11.1. The predicted octanol–water partition coefficient (Wildman–Crippen LogP) is 1.70. The van der Waals surface area contributed by atoms with E-state index in [-0.39, 0.29) is 6.04 Å². The Hall–Kier alpha value is -1.75. The third kappa shape index (κ3) is 2.41. The molecule has 2 rings (SSSR count). The summed E-state index contributed by atoms with van der Waals surface area (Å²) in [6.45, 7) is 7.91. The number of rotatable bonds is 5. The van der Waals surface area contributed by atoms with Crippen molar-refractivity contribution in [3.63, 3.8) is 0 Å². The monoisotopic (exact) mass is 245 g/mol. The van der Waals surface area contributed by atoms with Gasteiger partial charge in [0.1, 0.15) is 0 Å². The quantitative estimate of drug-likeness (QED) is 0.871. The van der Waals surface area contributed by atoms with Crippen molar-refractivity contribution < 1.29 is 0 Å². The molecule has 2 aromatic rings. The first-order valence-electron chi connectivity index (χ1n) is 6.31. The number of pyridine rings is 1. The molecular formula is C13H19N5. The van der Waals surface area contributed by atoms with Gasteiger partial charge in [0.05, 0.1) is 23.6 Å². The Morgan fingerprint density at radius 3 is 2.89 bits per heavy atom. The Balaban J connectivity index is 2.43. The fourth-order valence-corrected chi connectivity index (χ4v) is 2.08. The molecule has 2 aromatic heterocycles.